The highest BCUT2D eigenvalue weighted by molar-refractivity contribution is 6.10. The maximum absolute atomic E-state index is 12.8. The SMILES string of the molecule is CCCCCCCCCCCCCCCC(=O)C(O)(C(=O)CCCCCCCCCCCCCCC)C(O)CO.O=C(O)CCC(=O)O. The Morgan fingerprint density at radius 2 is 0.667 bits per heavy atom. The van der Waals surface area contributed by atoms with Crippen LogP contribution in [0.15, 0.2) is 0 Å². The molecule has 0 aliphatic heterocycles. The molecule has 0 radical (unpaired) electrons. The minimum absolute atomic E-state index is 0.0651. The van der Waals surface area contributed by atoms with Crippen LogP contribution in [0.25, 0.3) is 0 Å². The first-order valence-corrected chi connectivity index (χ1v) is 19.6. The van der Waals surface area contributed by atoms with Crippen molar-refractivity contribution in [2.75, 3.05) is 6.61 Å². The van der Waals surface area contributed by atoms with Gasteiger partial charge in [-0.25, -0.2) is 0 Å². The summed E-state index contributed by atoms with van der Waals surface area (Å²) >= 11 is 0. The van der Waals surface area contributed by atoms with Gasteiger partial charge in [-0.05, 0) is 12.8 Å². The molecule has 0 aromatic heterocycles. The molecule has 0 heterocycles. The Morgan fingerprint density at radius 1 is 0.438 bits per heavy atom. The highest BCUT2D eigenvalue weighted by atomic mass is 16.4. The fourth-order valence-electron chi connectivity index (χ4n) is 5.86. The maximum Gasteiger partial charge on any atom is 0.303 e. The molecular weight excluding hydrogens is 612 g/mol. The molecule has 9 nitrogen and oxygen atoms in total. The van der Waals surface area contributed by atoms with Crippen molar-refractivity contribution >= 4 is 23.5 Å². The molecule has 48 heavy (non-hydrogen) atoms. The van der Waals surface area contributed by atoms with E-state index in [0.29, 0.717) is 12.8 Å². The van der Waals surface area contributed by atoms with Crippen molar-refractivity contribution in [2.45, 2.75) is 218 Å². The van der Waals surface area contributed by atoms with Crippen LogP contribution in [0.3, 0.4) is 0 Å². The van der Waals surface area contributed by atoms with Crippen molar-refractivity contribution < 1.29 is 44.7 Å². The van der Waals surface area contributed by atoms with Gasteiger partial charge >= 0.3 is 11.9 Å². The highest BCUT2D eigenvalue weighted by Gasteiger charge is 2.48. The molecule has 0 aromatic carbocycles. The number of ketones is 2. The summed E-state index contributed by atoms with van der Waals surface area (Å²) in [4.78, 5) is 44.9. The van der Waals surface area contributed by atoms with Gasteiger partial charge in [0, 0.05) is 12.8 Å². The van der Waals surface area contributed by atoms with E-state index < -0.39 is 41.8 Å². The van der Waals surface area contributed by atoms with Crippen LogP contribution in [0.1, 0.15) is 206 Å². The zero-order valence-electron chi connectivity index (χ0n) is 30.9. The smallest absolute Gasteiger partial charge is 0.303 e. The standard InChI is InChI=1S/C35H68O5.C4H6O4/c1-3-5-7-9-11-13-15-17-19-21-23-25-27-29-32(37)35(40,34(39)31-36)33(38)30-28-26-24-22-20-18-16-14-12-10-8-6-4-2;5-3(6)1-2-4(7)8/h34,36,39-40H,3-31H2,1-2H3;1-2H2,(H,5,6)(H,7,8). The number of carboxylic acids is 2. The van der Waals surface area contributed by atoms with Gasteiger partial charge in [-0.1, -0.05) is 168 Å². The second-order valence-corrected chi connectivity index (χ2v) is 13.6. The average molecular weight is 687 g/mol. The number of hydrogen-bond acceptors (Lipinski definition) is 7. The number of carboxylic acid groups (broad SMARTS) is 2. The molecule has 284 valence electrons. The summed E-state index contributed by atoms with van der Waals surface area (Å²) in [7, 11) is 0. The number of carbonyl (C=O) groups excluding carboxylic acids is 2. The fraction of sp³-hybridized carbons (Fsp3) is 0.897. The van der Waals surface area contributed by atoms with E-state index in [2.05, 4.69) is 13.8 Å². The second-order valence-electron chi connectivity index (χ2n) is 13.6. The summed E-state index contributed by atoms with van der Waals surface area (Å²) in [5.74, 6) is -3.44. The van der Waals surface area contributed by atoms with E-state index in [1.165, 1.54) is 116 Å². The molecular formula is C39H74O9. The van der Waals surface area contributed by atoms with Crippen molar-refractivity contribution in [1.29, 1.82) is 0 Å². The van der Waals surface area contributed by atoms with Gasteiger partial charge in [0.05, 0.1) is 19.4 Å². The number of aliphatic hydroxyl groups is 3. The Kier molecular flexibility index (Phi) is 35.2. The summed E-state index contributed by atoms with van der Waals surface area (Å²) in [6, 6.07) is 0. The van der Waals surface area contributed by atoms with Gasteiger partial charge < -0.3 is 25.5 Å². The van der Waals surface area contributed by atoms with Crippen molar-refractivity contribution in [2.24, 2.45) is 0 Å². The number of aliphatic carboxylic acids is 2. The lowest BCUT2D eigenvalue weighted by Crippen LogP contribution is -2.57. The molecule has 9 heteroatoms. The Bertz CT molecular complexity index is 727. The third-order valence-corrected chi connectivity index (χ3v) is 9.07. The summed E-state index contributed by atoms with van der Waals surface area (Å²) in [6.07, 6.45) is 28.8. The molecule has 1 unspecified atom stereocenters. The monoisotopic (exact) mass is 687 g/mol. The lowest BCUT2D eigenvalue weighted by atomic mass is 9.82. The lowest BCUT2D eigenvalue weighted by molar-refractivity contribution is -0.166. The molecule has 0 saturated carbocycles. The predicted molar refractivity (Wildman–Crippen MR) is 193 cm³/mol. The molecule has 0 saturated heterocycles. The Labute approximate surface area is 292 Å². The van der Waals surface area contributed by atoms with E-state index in [1.807, 2.05) is 0 Å². The number of unbranched alkanes of at least 4 members (excludes halogenated alkanes) is 24. The van der Waals surface area contributed by atoms with Gasteiger partial charge in [-0.2, -0.15) is 0 Å². The quantitative estimate of drug-likeness (QED) is 0.0322. The van der Waals surface area contributed by atoms with Gasteiger partial charge in [0.2, 0.25) is 5.60 Å². The van der Waals surface area contributed by atoms with Gasteiger partial charge in [-0.3, -0.25) is 19.2 Å². The van der Waals surface area contributed by atoms with Crippen molar-refractivity contribution in [3.8, 4) is 0 Å². The van der Waals surface area contributed by atoms with Crippen LogP contribution in [-0.2, 0) is 19.2 Å². The molecule has 0 aliphatic carbocycles. The average Bonchev–Trinajstić information content (AvgIpc) is 3.07. The topological polar surface area (TPSA) is 169 Å². The second kappa shape index (κ2) is 35.0. The van der Waals surface area contributed by atoms with E-state index in [4.69, 9.17) is 10.2 Å². The Hall–Kier alpha value is -1.84. The van der Waals surface area contributed by atoms with Crippen LogP contribution >= 0.6 is 0 Å². The van der Waals surface area contributed by atoms with Gasteiger partial charge in [0.1, 0.15) is 6.10 Å². The molecule has 0 amide bonds. The van der Waals surface area contributed by atoms with E-state index in [-0.39, 0.29) is 25.7 Å². The van der Waals surface area contributed by atoms with E-state index >= 15 is 0 Å². The number of rotatable bonds is 35. The molecule has 0 rings (SSSR count). The van der Waals surface area contributed by atoms with Crippen molar-refractivity contribution in [1.82, 2.24) is 0 Å². The molecule has 0 bridgehead atoms. The summed E-state index contributed by atoms with van der Waals surface area (Å²) in [5.41, 5.74) is -2.47. The highest BCUT2D eigenvalue weighted by Crippen LogP contribution is 2.22. The molecule has 0 spiro atoms. The van der Waals surface area contributed by atoms with Crippen molar-refractivity contribution in [3.05, 3.63) is 0 Å². The van der Waals surface area contributed by atoms with Crippen LogP contribution in [0.5, 0.6) is 0 Å². The number of hydrogen-bond donors (Lipinski definition) is 5. The lowest BCUT2D eigenvalue weighted by Gasteiger charge is -2.29. The Morgan fingerprint density at radius 3 is 0.875 bits per heavy atom. The third-order valence-electron chi connectivity index (χ3n) is 9.07. The minimum atomic E-state index is -2.47. The predicted octanol–water partition coefficient (Wildman–Crippen LogP) is 9.11. The normalized spacial score (nSPS) is 11.9. The fourth-order valence-corrected chi connectivity index (χ4v) is 5.86. The van der Waals surface area contributed by atoms with E-state index in [1.54, 1.807) is 0 Å². The summed E-state index contributed by atoms with van der Waals surface area (Å²) in [6.45, 7) is 3.69. The molecule has 1 atom stereocenters. The first-order chi connectivity index (χ1) is 23.1. The van der Waals surface area contributed by atoms with Gasteiger partial charge in [-0.15, -0.1) is 0 Å². The maximum atomic E-state index is 12.8. The van der Waals surface area contributed by atoms with E-state index in [0.717, 1.165) is 38.5 Å². The first kappa shape index (κ1) is 48.3. The van der Waals surface area contributed by atoms with Crippen LogP contribution in [0.2, 0.25) is 0 Å². The number of aliphatic hydroxyl groups excluding tert-OH is 2. The van der Waals surface area contributed by atoms with Gasteiger partial charge in [0.15, 0.2) is 11.6 Å². The number of Topliss-reactive ketones (excluding diaryl/α,β-unsaturated/α-hetero) is 2. The van der Waals surface area contributed by atoms with Gasteiger partial charge in [0.25, 0.3) is 0 Å². The molecule has 0 fully saturated rings. The molecule has 0 aliphatic rings. The molecule has 5 N–H and O–H groups in total. The van der Waals surface area contributed by atoms with Crippen LogP contribution in [0.4, 0.5) is 0 Å². The summed E-state index contributed by atoms with van der Waals surface area (Å²) < 4.78 is 0. The third kappa shape index (κ3) is 29.1. The first-order valence-electron chi connectivity index (χ1n) is 19.6. The van der Waals surface area contributed by atoms with E-state index in [9.17, 15) is 34.5 Å². The van der Waals surface area contributed by atoms with Crippen LogP contribution < -0.4 is 0 Å². The van der Waals surface area contributed by atoms with Crippen LogP contribution in [0, 0.1) is 0 Å². The largest absolute Gasteiger partial charge is 0.481 e. The molecule has 0 aromatic rings. The Balaban J connectivity index is 0. The zero-order valence-corrected chi connectivity index (χ0v) is 30.9. The number of carbonyl (C=O) groups is 4. The van der Waals surface area contributed by atoms with Crippen molar-refractivity contribution in [3.63, 3.8) is 0 Å². The zero-order chi connectivity index (χ0) is 36.3. The van der Waals surface area contributed by atoms with Crippen LogP contribution in [-0.4, -0.2) is 67.3 Å². The summed E-state index contributed by atoms with van der Waals surface area (Å²) in [5, 5.41) is 46.3. The minimum Gasteiger partial charge on any atom is -0.481 e.